The van der Waals surface area contributed by atoms with Gasteiger partial charge < -0.3 is 15.4 Å². The van der Waals surface area contributed by atoms with Crippen molar-refractivity contribution in [2.24, 2.45) is 11.1 Å². The number of nitrogens with two attached hydrogens (primary N) is 1. The third kappa shape index (κ3) is 6.80. The second-order valence-electron chi connectivity index (χ2n) is 5.02. The van der Waals surface area contributed by atoms with Crippen LogP contribution in [0.25, 0.3) is 0 Å². The SMILES string of the molecule is CCCCOCC(=O)N(C)CC(C)(C)CN. The summed E-state index contributed by atoms with van der Waals surface area (Å²) in [5, 5.41) is 0. The van der Waals surface area contributed by atoms with E-state index in [1.807, 2.05) is 0 Å². The normalized spacial score (nSPS) is 11.6. The first-order valence-electron chi connectivity index (χ1n) is 5.94. The van der Waals surface area contributed by atoms with Crippen LogP contribution >= 0.6 is 0 Å². The van der Waals surface area contributed by atoms with Gasteiger partial charge in [0.2, 0.25) is 5.91 Å². The molecule has 4 heteroatoms. The van der Waals surface area contributed by atoms with Crippen molar-refractivity contribution >= 4 is 5.91 Å². The van der Waals surface area contributed by atoms with Crippen LogP contribution in [0.15, 0.2) is 0 Å². The van der Waals surface area contributed by atoms with Crippen LogP contribution in [-0.2, 0) is 9.53 Å². The van der Waals surface area contributed by atoms with Crippen LogP contribution in [0.1, 0.15) is 33.6 Å². The monoisotopic (exact) mass is 230 g/mol. The van der Waals surface area contributed by atoms with Crippen LogP contribution in [0.5, 0.6) is 0 Å². The number of unbranched alkanes of at least 4 members (excludes halogenated alkanes) is 1. The van der Waals surface area contributed by atoms with Crippen LogP contribution in [0, 0.1) is 5.41 Å². The topological polar surface area (TPSA) is 55.6 Å². The molecule has 0 aromatic rings. The minimum absolute atomic E-state index is 0.0256. The van der Waals surface area contributed by atoms with Gasteiger partial charge in [-0.2, -0.15) is 0 Å². The molecule has 16 heavy (non-hydrogen) atoms. The highest BCUT2D eigenvalue weighted by atomic mass is 16.5. The molecule has 2 N–H and O–H groups in total. The smallest absolute Gasteiger partial charge is 0.248 e. The first-order valence-corrected chi connectivity index (χ1v) is 5.94. The zero-order chi connectivity index (χ0) is 12.6. The van der Waals surface area contributed by atoms with Crippen molar-refractivity contribution in [1.82, 2.24) is 4.90 Å². The summed E-state index contributed by atoms with van der Waals surface area (Å²) in [4.78, 5) is 13.4. The minimum Gasteiger partial charge on any atom is -0.372 e. The zero-order valence-corrected chi connectivity index (χ0v) is 11.1. The number of carbonyl (C=O) groups is 1. The maximum absolute atomic E-state index is 11.7. The molecule has 0 saturated carbocycles. The molecule has 0 bridgehead atoms. The molecular weight excluding hydrogens is 204 g/mol. The Balaban J connectivity index is 3.82. The van der Waals surface area contributed by atoms with E-state index < -0.39 is 0 Å². The van der Waals surface area contributed by atoms with Crippen LogP contribution < -0.4 is 5.73 Å². The molecule has 0 saturated heterocycles. The number of hydrogen-bond donors (Lipinski definition) is 1. The van der Waals surface area contributed by atoms with Gasteiger partial charge in [0.15, 0.2) is 0 Å². The summed E-state index contributed by atoms with van der Waals surface area (Å²) in [6.07, 6.45) is 2.09. The lowest BCUT2D eigenvalue weighted by atomic mass is 9.93. The van der Waals surface area contributed by atoms with E-state index in [2.05, 4.69) is 20.8 Å². The van der Waals surface area contributed by atoms with Crippen molar-refractivity contribution in [3.05, 3.63) is 0 Å². The lowest BCUT2D eigenvalue weighted by Crippen LogP contribution is -2.41. The van der Waals surface area contributed by atoms with E-state index in [4.69, 9.17) is 10.5 Å². The molecule has 0 fully saturated rings. The Bertz CT molecular complexity index is 205. The first kappa shape index (κ1) is 15.4. The lowest BCUT2D eigenvalue weighted by Gasteiger charge is -2.29. The summed E-state index contributed by atoms with van der Waals surface area (Å²) >= 11 is 0. The number of likely N-dealkylation sites (N-methyl/N-ethyl adjacent to an activating group) is 1. The van der Waals surface area contributed by atoms with Crippen LogP contribution in [0.4, 0.5) is 0 Å². The second kappa shape index (κ2) is 7.63. The molecule has 1 amide bonds. The van der Waals surface area contributed by atoms with Gasteiger partial charge in [0, 0.05) is 20.2 Å². The fourth-order valence-corrected chi connectivity index (χ4v) is 1.31. The third-order valence-electron chi connectivity index (χ3n) is 2.51. The summed E-state index contributed by atoms with van der Waals surface area (Å²) in [6, 6.07) is 0. The molecule has 0 unspecified atom stereocenters. The van der Waals surface area contributed by atoms with Crippen LogP contribution in [0.3, 0.4) is 0 Å². The van der Waals surface area contributed by atoms with Gasteiger partial charge in [0.1, 0.15) is 6.61 Å². The van der Waals surface area contributed by atoms with Gasteiger partial charge in [-0.3, -0.25) is 4.79 Å². The molecule has 0 aromatic heterocycles. The first-order chi connectivity index (χ1) is 7.43. The van der Waals surface area contributed by atoms with Crippen molar-refractivity contribution in [1.29, 1.82) is 0 Å². The zero-order valence-electron chi connectivity index (χ0n) is 11.1. The van der Waals surface area contributed by atoms with Gasteiger partial charge in [-0.15, -0.1) is 0 Å². The van der Waals surface area contributed by atoms with Crippen molar-refractivity contribution in [3.63, 3.8) is 0 Å². The summed E-state index contributed by atoms with van der Waals surface area (Å²) in [5.41, 5.74) is 5.59. The van der Waals surface area contributed by atoms with Gasteiger partial charge >= 0.3 is 0 Å². The number of hydrogen-bond acceptors (Lipinski definition) is 3. The molecule has 0 heterocycles. The largest absolute Gasteiger partial charge is 0.372 e. The second-order valence-corrected chi connectivity index (χ2v) is 5.02. The predicted molar refractivity (Wildman–Crippen MR) is 66.2 cm³/mol. The van der Waals surface area contributed by atoms with Gasteiger partial charge in [-0.25, -0.2) is 0 Å². The summed E-state index contributed by atoms with van der Waals surface area (Å²) in [6.45, 7) is 8.28. The Morgan fingerprint density at radius 2 is 2.06 bits per heavy atom. The third-order valence-corrected chi connectivity index (χ3v) is 2.51. The van der Waals surface area contributed by atoms with Crippen LogP contribution in [-0.4, -0.2) is 44.2 Å². The van der Waals surface area contributed by atoms with Crippen molar-refractivity contribution in [2.45, 2.75) is 33.6 Å². The van der Waals surface area contributed by atoms with E-state index in [0.29, 0.717) is 19.7 Å². The number of rotatable bonds is 8. The molecule has 96 valence electrons. The fraction of sp³-hybridized carbons (Fsp3) is 0.917. The molecule has 0 aliphatic carbocycles. The van der Waals surface area contributed by atoms with E-state index in [0.717, 1.165) is 12.8 Å². The molecule has 0 atom stereocenters. The fourth-order valence-electron chi connectivity index (χ4n) is 1.31. The molecule has 0 aromatic carbocycles. The van der Waals surface area contributed by atoms with E-state index in [1.165, 1.54) is 0 Å². The number of nitrogens with zero attached hydrogens (tertiary/aromatic N) is 1. The van der Waals surface area contributed by atoms with E-state index in [9.17, 15) is 4.79 Å². The molecule has 0 radical (unpaired) electrons. The average Bonchev–Trinajstić information content (AvgIpc) is 2.23. The minimum atomic E-state index is -0.0339. The molecule has 0 aliphatic rings. The molecule has 0 aliphatic heterocycles. The van der Waals surface area contributed by atoms with Gasteiger partial charge in [-0.05, 0) is 18.4 Å². The van der Waals surface area contributed by atoms with Crippen molar-refractivity contribution < 1.29 is 9.53 Å². The summed E-state index contributed by atoms with van der Waals surface area (Å²) in [5.74, 6) is 0.0256. The molecule has 0 rings (SSSR count). The van der Waals surface area contributed by atoms with Gasteiger partial charge in [0.25, 0.3) is 0 Å². The number of ether oxygens (including phenoxy) is 1. The number of carbonyl (C=O) groups excluding carboxylic acids is 1. The van der Waals surface area contributed by atoms with E-state index in [-0.39, 0.29) is 17.9 Å². The van der Waals surface area contributed by atoms with Crippen LogP contribution in [0.2, 0.25) is 0 Å². The standard InChI is InChI=1S/C12H26N2O2/c1-5-6-7-16-8-11(15)14(4)10-12(2,3)9-13/h5-10,13H2,1-4H3. The van der Waals surface area contributed by atoms with Gasteiger partial charge in [-0.1, -0.05) is 27.2 Å². The highest BCUT2D eigenvalue weighted by Crippen LogP contribution is 2.13. The Morgan fingerprint density at radius 3 is 2.56 bits per heavy atom. The summed E-state index contributed by atoms with van der Waals surface area (Å²) < 4.78 is 5.28. The average molecular weight is 230 g/mol. The molecule has 0 spiro atoms. The Labute approximate surface area is 99.1 Å². The molecular formula is C12H26N2O2. The summed E-state index contributed by atoms with van der Waals surface area (Å²) in [7, 11) is 1.79. The van der Waals surface area contributed by atoms with Crippen molar-refractivity contribution in [2.75, 3.05) is 33.4 Å². The highest BCUT2D eigenvalue weighted by Gasteiger charge is 2.20. The van der Waals surface area contributed by atoms with E-state index >= 15 is 0 Å². The maximum Gasteiger partial charge on any atom is 0.248 e. The van der Waals surface area contributed by atoms with Gasteiger partial charge in [0.05, 0.1) is 0 Å². The Morgan fingerprint density at radius 1 is 1.44 bits per heavy atom. The number of amides is 1. The van der Waals surface area contributed by atoms with Crippen molar-refractivity contribution in [3.8, 4) is 0 Å². The maximum atomic E-state index is 11.7. The predicted octanol–water partition coefficient (Wildman–Crippen LogP) is 1.25. The highest BCUT2D eigenvalue weighted by molar-refractivity contribution is 5.77. The van der Waals surface area contributed by atoms with E-state index in [1.54, 1.807) is 11.9 Å². The molecule has 4 nitrogen and oxygen atoms in total. The lowest BCUT2D eigenvalue weighted by molar-refractivity contribution is -0.136. The Kier molecular flexibility index (Phi) is 7.34. The Hall–Kier alpha value is -0.610. The quantitative estimate of drug-likeness (QED) is 0.638.